The zero-order valence-corrected chi connectivity index (χ0v) is 12.8. The van der Waals surface area contributed by atoms with Crippen LogP contribution in [0.5, 0.6) is 0 Å². The predicted octanol–water partition coefficient (Wildman–Crippen LogP) is 0.237. The van der Waals surface area contributed by atoms with Gasteiger partial charge in [0, 0.05) is 5.56 Å². The van der Waals surface area contributed by atoms with E-state index in [0.717, 1.165) is 18.2 Å². The van der Waals surface area contributed by atoms with Crippen LogP contribution in [-0.4, -0.2) is 41.5 Å². The summed E-state index contributed by atoms with van der Waals surface area (Å²) < 4.78 is 25.8. The van der Waals surface area contributed by atoms with Crippen LogP contribution in [0.2, 0.25) is 0 Å². The molecule has 0 radical (unpaired) electrons. The minimum atomic E-state index is -1.72. The highest BCUT2D eigenvalue weighted by molar-refractivity contribution is 6.43. The summed E-state index contributed by atoms with van der Waals surface area (Å²) in [6.45, 7) is 3.28. The first-order valence-corrected chi connectivity index (χ1v) is 7.09. The Morgan fingerprint density at radius 3 is 2.39 bits per heavy atom. The molecule has 0 unspecified atom stereocenters. The van der Waals surface area contributed by atoms with Crippen molar-refractivity contribution in [1.82, 2.24) is 10.6 Å². The van der Waals surface area contributed by atoms with E-state index < -0.39 is 43.1 Å². The Bertz CT molecular complexity index is 570. The summed E-state index contributed by atoms with van der Waals surface area (Å²) in [5.74, 6) is -4.35. The highest BCUT2D eigenvalue weighted by atomic mass is 19.2. The molecule has 1 atom stereocenters. The highest BCUT2D eigenvalue weighted by Crippen LogP contribution is 2.08. The zero-order chi connectivity index (χ0) is 17.6. The van der Waals surface area contributed by atoms with Crippen LogP contribution in [0.1, 0.15) is 30.6 Å². The molecule has 1 aromatic carbocycles. The van der Waals surface area contributed by atoms with E-state index in [2.05, 4.69) is 10.6 Å². The molecule has 0 saturated carbocycles. The second-order valence-corrected chi connectivity index (χ2v) is 5.53. The van der Waals surface area contributed by atoms with Gasteiger partial charge in [0.05, 0.1) is 12.5 Å². The van der Waals surface area contributed by atoms with Gasteiger partial charge in [0.1, 0.15) is 0 Å². The second kappa shape index (κ2) is 8.59. The van der Waals surface area contributed by atoms with Crippen LogP contribution in [0, 0.1) is 17.6 Å². The smallest absolute Gasteiger partial charge is 0.426 e. The molecular formula is C14H19BF2N2O4. The Labute approximate surface area is 133 Å². The summed E-state index contributed by atoms with van der Waals surface area (Å²) in [7, 11) is -1.72. The van der Waals surface area contributed by atoms with Gasteiger partial charge < -0.3 is 20.7 Å². The highest BCUT2D eigenvalue weighted by Gasteiger charge is 2.26. The average molecular weight is 328 g/mol. The first-order valence-electron chi connectivity index (χ1n) is 7.09. The van der Waals surface area contributed by atoms with Gasteiger partial charge in [-0.05, 0) is 30.5 Å². The summed E-state index contributed by atoms with van der Waals surface area (Å²) in [6.07, 6.45) is 0.348. The fraction of sp³-hybridized carbons (Fsp3) is 0.429. The SMILES string of the molecule is CC(C)C[C@H](NC(=O)CNC(=O)c1ccc(F)c(F)c1)B(O)O. The topological polar surface area (TPSA) is 98.7 Å². The molecule has 0 aliphatic carbocycles. The van der Waals surface area contributed by atoms with Crippen LogP contribution in [0.4, 0.5) is 8.78 Å². The first-order chi connectivity index (χ1) is 10.7. The van der Waals surface area contributed by atoms with E-state index in [4.69, 9.17) is 0 Å². The third-order valence-corrected chi connectivity index (χ3v) is 3.02. The van der Waals surface area contributed by atoms with Gasteiger partial charge in [-0.2, -0.15) is 0 Å². The molecule has 0 saturated heterocycles. The van der Waals surface area contributed by atoms with Crippen molar-refractivity contribution in [2.45, 2.75) is 26.2 Å². The van der Waals surface area contributed by atoms with Crippen molar-refractivity contribution >= 4 is 18.9 Å². The van der Waals surface area contributed by atoms with Gasteiger partial charge in [-0.15, -0.1) is 0 Å². The molecule has 2 amide bonds. The van der Waals surface area contributed by atoms with Gasteiger partial charge in [-0.1, -0.05) is 13.8 Å². The molecule has 0 aliphatic rings. The van der Waals surface area contributed by atoms with Crippen molar-refractivity contribution in [2.24, 2.45) is 5.92 Å². The van der Waals surface area contributed by atoms with E-state index in [0.29, 0.717) is 6.42 Å². The van der Waals surface area contributed by atoms with Crippen molar-refractivity contribution in [3.8, 4) is 0 Å². The Hall–Kier alpha value is -2.00. The van der Waals surface area contributed by atoms with E-state index in [9.17, 15) is 28.4 Å². The van der Waals surface area contributed by atoms with E-state index >= 15 is 0 Å². The Balaban J connectivity index is 2.54. The molecule has 0 aliphatic heterocycles. The molecule has 0 spiro atoms. The molecule has 9 heteroatoms. The van der Waals surface area contributed by atoms with Gasteiger partial charge >= 0.3 is 7.12 Å². The van der Waals surface area contributed by atoms with Crippen LogP contribution < -0.4 is 10.6 Å². The molecule has 1 rings (SSSR count). The summed E-state index contributed by atoms with van der Waals surface area (Å²) in [4.78, 5) is 23.4. The number of benzene rings is 1. The summed E-state index contributed by atoms with van der Waals surface area (Å²) >= 11 is 0. The maximum absolute atomic E-state index is 13.0. The quantitative estimate of drug-likeness (QED) is 0.539. The maximum atomic E-state index is 13.0. The summed E-state index contributed by atoms with van der Waals surface area (Å²) in [6, 6.07) is 2.62. The van der Waals surface area contributed by atoms with Crippen LogP contribution >= 0.6 is 0 Å². The number of rotatable bonds is 7. The average Bonchev–Trinajstić information content (AvgIpc) is 2.46. The molecule has 1 aromatic rings. The monoisotopic (exact) mass is 328 g/mol. The lowest BCUT2D eigenvalue weighted by atomic mass is 9.75. The number of hydrogen-bond donors (Lipinski definition) is 4. The third-order valence-electron chi connectivity index (χ3n) is 3.02. The normalized spacial score (nSPS) is 12.0. The van der Waals surface area contributed by atoms with Crippen LogP contribution in [0.25, 0.3) is 0 Å². The van der Waals surface area contributed by atoms with Crippen LogP contribution in [0.15, 0.2) is 18.2 Å². The van der Waals surface area contributed by atoms with Crippen molar-refractivity contribution in [3.63, 3.8) is 0 Å². The number of nitrogens with one attached hydrogen (secondary N) is 2. The lowest BCUT2D eigenvalue weighted by Gasteiger charge is -2.19. The fourth-order valence-corrected chi connectivity index (χ4v) is 1.92. The van der Waals surface area contributed by atoms with Crippen molar-refractivity contribution < 1.29 is 28.4 Å². The summed E-state index contributed by atoms with van der Waals surface area (Å²) in [5.41, 5.74) is -0.127. The van der Waals surface area contributed by atoms with Crippen LogP contribution in [-0.2, 0) is 4.79 Å². The lowest BCUT2D eigenvalue weighted by molar-refractivity contribution is -0.120. The minimum Gasteiger partial charge on any atom is -0.426 e. The van der Waals surface area contributed by atoms with Gasteiger partial charge in [-0.3, -0.25) is 9.59 Å². The molecule has 6 nitrogen and oxygen atoms in total. The Morgan fingerprint density at radius 2 is 1.87 bits per heavy atom. The molecule has 4 N–H and O–H groups in total. The molecular weight excluding hydrogens is 309 g/mol. The van der Waals surface area contributed by atoms with E-state index in [1.807, 2.05) is 13.8 Å². The standard InChI is InChI=1S/C14H19BF2N2O4/c1-8(2)5-12(15(22)23)19-13(20)7-18-14(21)9-3-4-10(16)11(17)6-9/h3-4,6,8,12,22-23H,5,7H2,1-2H3,(H,18,21)(H,19,20)/t12-/m0/s1. The number of amides is 2. The number of halogens is 2. The van der Waals surface area contributed by atoms with Gasteiger partial charge in [0.2, 0.25) is 5.91 Å². The van der Waals surface area contributed by atoms with E-state index in [1.54, 1.807) is 0 Å². The maximum Gasteiger partial charge on any atom is 0.475 e. The van der Waals surface area contributed by atoms with Crippen molar-refractivity contribution in [1.29, 1.82) is 0 Å². The zero-order valence-electron chi connectivity index (χ0n) is 12.8. The number of carbonyl (C=O) groups excluding carboxylic acids is 2. The van der Waals surface area contributed by atoms with Crippen molar-refractivity contribution in [2.75, 3.05) is 6.54 Å². The minimum absolute atomic E-state index is 0.124. The Kier molecular flexibility index (Phi) is 7.11. The van der Waals surface area contributed by atoms with E-state index in [-0.39, 0.29) is 11.5 Å². The molecule has 0 bridgehead atoms. The summed E-state index contributed by atoms with van der Waals surface area (Å²) in [5, 5.41) is 23.0. The van der Waals surface area contributed by atoms with Crippen molar-refractivity contribution in [3.05, 3.63) is 35.4 Å². The number of hydrogen-bond acceptors (Lipinski definition) is 4. The molecule has 126 valence electrons. The Morgan fingerprint density at radius 1 is 1.22 bits per heavy atom. The largest absolute Gasteiger partial charge is 0.475 e. The first kappa shape index (κ1) is 19.1. The molecule has 0 heterocycles. The van der Waals surface area contributed by atoms with Crippen LogP contribution in [0.3, 0.4) is 0 Å². The van der Waals surface area contributed by atoms with Gasteiger partial charge in [0.25, 0.3) is 5.91 Å². The predicted molar refractivity (Wildman–Crippen MR) is 80.3 cm³/mol. The second-order valence-electron chi connectivity index (χ2n) is 5.53. The van der Waals surface area contributed by atoms with E-state index in [1.165, 1.54) is 0 Å². The number of carbonyl (C=O) groups is 2. The van der Waals surface area contributed by atoms with Gasteiger partial charge in [0.15, 0.2) is 11.6 Å². The molecule has 0 aromatic heterocycles. The lowest BCUT2D eigenvalue weighted by Crippen LogP contribution is -2.50. The molecule has 23 heavy (non-hydrogen) atoms. The molecule has 0 fully saturated rings. The third kappa shape index (κ3) is 6.33. The van der Waals surface area contributed by atoms with Gasteiger partial charge in [-0.25, -0.2) is 8.78 Å². The fourth-order valence-electron chi connectivity index (χ4n) is 1.92.